The fraction of sp³-hybridized carbons (Fsp3) is 0.615. The number of sulfonamides is 1. The van der Waals surface area contributed by atoms with Crippen molar-refractivity contribution in [3.05, 3.63) is 18.0 Å². The molecule has 0 spiro atoms. The van der Waals surface area contributed by atoms with E-state index in [4.69, 9.17) is 0 Å². The van der Waals surface area contributed by atoms with Crippen LogP contribution in [0.5, 0.6) is 0 Å². The van der Waals surface area contributed by atoms with Crippen molar-refractivity contribution in [1.29, 1.82) is 0 Å². The Labute approximate surface area is 137 Å². The predicted octanol–water partition coefficient (Wildman–Crippen LogP) is 0.131. The summed E-state index contributed by atoms with van der Waals surface area (Å²) in [5.74, 6) is -0.215. The highest BCUT2D eigenvalue weighted by molar-refractivity contribution is 7.89. The Balaban J connectivity index is 0.00000242. The second-order valence-corrected chi connectivity index (χ2v) is 7.53. The largest absolute Gasteiger partial charge is 0.345 e. The van der Waals surface area contributed by atoms with Crippen LogP contribution in [0.2, 0.25) is 0 Å². The van der Waals surface area contributed by atoms with Crippen LogP contribution < -0.4 is 5.32 Å². The van der Waals surface area contributed by atoms with E-state index in [-0.39, 0.29) is 29.3 Å². The first-order chi connectivity index (χ1) is 9.73. The van der Waals surface area contributed by atoms with E-state index in [1.807, 2.05) is 6.92 Å². The Hall–Kier alpha value is -1.09. The number of aryl methyl sites for hydroxylation is 1. The number of halogens is 1. The third-order valence-corrected chi connectivity index (χ3v) is 5.40. The zero-order chi connectivity index (χ0) is 15.8. The monoisotopic (exact) mass is 350 g/mol. The molecule has 126 valence electrons. The molecule has 1 atom stereocenters. The minimum atomic E-state index is -3.55. The first-order valence-electron chi connectivity index (χ1n) is 6.85. The van der Waals surface area contributed by atoms with Gasteiger partial charge in [-0.05, 0) is 13.0 Å². The Morgan fingerprint density at radius 1 is 1.41 bits per heavy atom. The minimum absolute atomic E-state index is 0. The SMILES string of the molecule is CC1CN(S(=O)(=O)c2cc(C(=O)N(C)C)n(C)c2)CCN1.Cl. The van der Waals surface area contributed by atoms with Crippen LogP contribution in [0.15, 0.2) is 17.2 Å². The van der Waals surface area contributed by atoms with E-state index in [9.17, 15) is 13.2 Å². The Morgan fingerprint density at radius 3 is 2.59 bits per heavy atom. The number of amides is 1. The molecule has 1 unspecified atom stereocenters. The van der Waals surface area contributed by atoms with Gasteiger partial charge in [0, 0.05) is 53.0 Å². The van der Waals surface area contributed by atoms with Crippen LogP contribution in [0.1, 0.15) is 17.4 Å². The second kappa shape index (κ2) is 6.99. The van der Waals surface area contributed by atoms with E-state index in [0.29, 0.717) is 25.3 Å². The topological polar surface area (TPSA) is 74.7 Å². The van der Waals surface area contributed by atoms with Gasteiger partial charge in [-0.3, -0.25) is 4.79 Å². The summed E-state index contributed by atoms with van der Waals surface area (Å²) in [6, 6.07) is 1.57. The number of carbonyl (C=O) groups excluding carboxylic acids is 1. The highest BCUT2D eigenvalue weighted by atomic mass is 35.5. The molecule has 0 aliphatic carbocycles. The van der Waals surface area contributed by atoms with Crippen molar-refractivity contribution in [2.45, 2.75) is 17.9 Å². The van der Waals surface area contributed by atoms with E-state index >= 15 is 0 Å². The van der Waals surface area contributed by atoms with Crippen molar-refractivity contribution in [1.82, 2.24) is 19.1 Å². The average Bonchev–Trinajstić information content (AvgIpc) is 2.80. The number of nitrogens with one attached hydrogen (secondary N) is 1. The zero-order valence-corrected chi connectivity index (χ0v) is 14.9. The summed E-state index contributed by atoms with van der Waals surface area (Å²) in [5, 5.41) is 3.21. The van der Waals surface area contributed by atoms with Gasteiger partial charge >= 0.3 is 0 Å². The molecule has 1 aromatic rings. The van der Waals surface area contributed by atoms with E-state index in [0.717, 1.165) is 0 Å². The van der Waals surface area contributed by atoms with E-state index in [1.54, 1.807) is 25.7 Å². The second-order valence-electron chi connectivity index (χ2n) is 5.59. The highest BCUT2D eigenvalue weighted by Gasteiger charge is 2.30. The van der Waals surface area contributed by atoms with Crippen molar-refractivity contribution >= 4 is 28.3 Å². The molecule has 2 heterocycles. The molecule has 9 heteroatoms. The Kier molecular flexibility index (Phi) is 6.03. The maximum absolute atomic E-state index is 12.7. The molecule has 0 aromatic carbocycles. The lowest BCUT2D eigenvalue weighted by atomic mass is 10.3. The fourth-order valence-corrected chi connectivity index (χ4v) is 3.98. The lowest BCUT2D eigenvalue weighted by molar-refractivity contribution is 0.0818. The fourth-order valence-electron chi connectivity index (χ4n) is 2.38. The zero-order valence-electron chi connectivity index (χ0n) is 13.2. The number of nitrogens with zero attached hydrogens (tertiary/aromatic N) is 3. The van der Waals surface area contributed by atoms with Crippen molar-refractivity contribution in [2.75, 3.05) is 33.7 Å². The summed E-state index contributed by atoms with van der Waals surface area (Å²) in [7, 11) is 1.40. The summed E-state index contributed by atoms with van der Waals surface area (Å²) in [4.78, 5) is 13.6. The van der Waals surface area contributed by atoms with Crippen molar-refractivity contribution in [3.63, 3.8) is 0 Å². The number of hydrogen-bond acceptors (Lipinski definition) is 4. The highest BCUT2D eigenvalue weighted by Crippen LogP contribution is 2.20. The van der Waals surface area contributed by atoms with E-state index in [2.05, 4.69) is 5.32 Å². The molecule has 1 aromatic heterocycles. The molecule has 22 heavy (non-hydrogen) atoms. The van der Waals surface area contributed by atoms with Gasteiger partial charge in [-0.1, -0.05) is 0 Å². The van der Waals surface area contributed by atoms with Gasteiger partial charge < -0.3 is 14.8 Å². The molecule has 1 N–H and O–H groups in total. The molecular weight excluding hydrogens is 328 g/mol. The van der Waals surface area contributed by atoms with Crippen molar-refractivity contribution in [2.24, 2.45) is 7.05 Å². The first kappa shape index (κ1) is 19.0. The van der Waals surface area contributed by atoms with E-state index < -0.39 is 10.0 Å². The van der Waals surface area contributed by atoms with Crippen LogP contribution in [0.4, 0.5) is 0 Å². The third-order valence-electron chi connectivity index (χ3n) is 3.57. The first-order valence-corrected chi connectivity index (χ1v) is 8.29. The normalized spacial score (nSPS) is 19.5. The molecular formula is C13H23ClN4O3S. The Morgan fingerprint density at radius 2 is 2.05 bits per heavy atom. The molecule has 1 aliphatic heterocycles. The van der Waals surface area contributed by atoms with Crippen LogP contribution in [-0.2, 0) is 17.1 Å². The molecule has 1 amide bonds. The quantitative estimate of drug-likeness (QED) is 0.841. The molecule has 1 saturated heterocycles. The van der Waals surface area contributed by atoms with Crippen LogP contribution in [0.25, 0.3) is 0 Å². The molecule has 1 aliphatic rings. The number of rotatable bonds is 3. The number of carbonyl (C=O) groups is 1. The van der Waals surface area contributed by atoms with Gasteiger partial charge in [0.05, 0.1) is 0 Å². The van der Waals surface area contributed by atoms with Crippen LogP contribution in [-0.4, -0.2) is 67.9 Å². The van der Waals surface area contributed by atoms with Gasteiger partial charge in [-0.2, -0.15) is 4.31 Å². The number of hydrogen-bond donors (Lipinski definition) is 1. The number of aromatic nitrogens is 1. The molecule has 1 fully saturated rings. The summed E-state index contributed by atoms with van der Waals surface area (Å²) < 4.78 is 28.3. The maximum atomic E-state index is 12.7. The summed E-state index contributed by atoms with van der Waals surface area (Å²) in [6.07, 6.45) is 1.50. The predicted molar refractivity (Wildman–Crippen MR) is 86.9 cm³/mol. The molecule has 0 bridgehead atoms. The standard InChI is InChI=1S/C13H22N4O3S.ClH/c1-10-8-17(6-5-14-10)21(19,20)11-7-12(16(4)9-11)13(18)15(2)3;/h7,9-10,14H,5-6,8H2,1-4H3;1H. The summed E-state index contributed by atoms with van der Waals surface area (Å²) >= 11 is 0. The minimum Gasteiger partial charge on any atom is -0.345 e. The molecule has 0 saturated carbocycles. The smallest absolute Gasteiger partial charge is 0.269 e. The van der Waals surface area contributed by atoms with Gasteiger partial charge in [-0.25, -0.2) is 8.42 Å². The van der Waals surface area contributed by atoms with Gasteiger partial charge in [-0.15, -0.1) is 12.4 Å². The lowest BCUT2D eigenvalue weighted by Crippen LogP contribution is -2.51. The lowest BCUT2D eigenvalue weighted by Gasteiger charge is -2.30. The van der Waals surface area contributed by atoms with Crippen molar-refractivity contribution < 1.29 is 13.2 Å². The van der Waals surface area contributed by atoms with Crippen LogP contribution in [0.3, 0.4) is 0 Å². The van der Waals surface area contributed by atoms with E-state index in [1.165, 1.54) is 21.5 Å². The van der Waals surface area contributed by atoms with Crippen LogP contribution >= 0.6 is 12.4 Å². The van der Waals surface area contributed by atoms with Gasteiger partial charge in [0.1, 0.15) is 10.6 Å². The van der Waals surface area contributed by atoms with Crippen molar-refractivity contribution in [3.8, 4) is 0 Å². The van der Waals surface area contributed by atoms with Gasteiger partial charge in [0.25, 0.3) is 5.91 Å². The van der Waals surface area contributed by atoms with Crippen LogP contribution in [0, 0.1) is 0 Å². The number of piperazine rings is 1. The van der Waals surface area contributed by atoms with Gasteiger partial charge in [0.2, 0.25) is 10.0 Å². The molecule has 2 rings (SSSR count). The molecule has 7 nitrogen and oxygen atoms in total. The Bertz CT molecular complexity index is 642. The maximum Gasteiger partial charge on any atom is 0.269 e. The third kappa shape index (κ3) is 3.62. The molecule has 0 radical (unpaired) electrons. The summed E-state index contributed by atoms with van der Waals surface area (Å²) in [5.41, 5.74) is 0.363. The van der Waals surface area contributed by atoms with Gasteiger partial charge in [0.15, 0.2) is 0 Å². The average molecular weight is 351 g/mol. The summed E-state index contributed by atoms with van der Waals surface area (Å²) in [6.45, 7) is 3.47.